The minimum absolute atomic E-state index is 0.808. The van der Waals surface area contributed by atoms with Crippen LogP contribution < -0.4 is 5.32 Å². The summed E-state index contributed by atoms with van der Waals surface area (Å²) in [6.07, 6.45) is 17.2. The van der Waals surface area contributed by atoms with Crippen molar-refractivity contribution in [3.8, 4) is 0 Å². The van der Waals surface area contributed by atoms with Gasteiger partial charge in [-0.3, -0.25) is 4.90 Å². The van der Waals surface area contributed by atoms with Crippen molar-refractivity contribution in [1.29, 1.82) is 0 Å². The lowest BCUT2D eigenvalue weighted by molar-refractivity contribution is 0.170. The van der Waals surface area contributed by atoms with Gasteiger partial charge in [-0.1, -0.05) is 71.6 Å². The molecule has 0 amide bonds. The van der Waals surface area contributed by atoms with E-state index in [0.29, 0.717) is 0 Å². The van der Waals surface area contributed by atoms with Crippen molar-refractivity contribution in [3.05, 3.63) is 0 Å². The molecular formula is C19H40N2. The quantitative estimate of drug-likeness (QED) is 0.482. The molecule has 1 rings (SSSR count). The fourth-order valence-electron chi connectivity index (χ4n) is 3.55. The standard InChI is InChI=1S/C19H40N2/c1-3-5-6-7-8-9-10-11-12-13-17-21(4-2)19-15-14-16-20-18-19/h19-20H,3-18H2,1-2H3. The predicted octanol–water partition coefficient (Wildman–Crippen LogP) is 4.98. The molecule has 0 spiro atoms. The van der Waals surface area contributed by atoms with Crippen LogP contribution in [0.1, 0.15) is 90.9 Å². The van der Waals surface area contributed by atoms with E-state index in [9.17, 15) is 0 Å². The molecule has 0 aromatic carbocycles. The summed E-state index contributed by atoms with van der Waals surface area (Å²) in [7, 11) is 0. The van der Waals surface area contributed by atoms with Crippen LogP contribution in [0.15, 0.2) is 0 Å². The molecule has 1 atom stereocenters. The van der Waals surface area contributed by atoms with Crippen molar-refractivity contribution in [2.75, 3.05) is 26.2 Å². The minimum Gasteiger partial charge on any atom is -0.315 e. The fraction of sp³-hybridized carbons (Fsp3) is 1.00. The molecule has 1 N–H and O–H groups in total. The van der Waals surface area contributed by atoms with Crippen LogP contribution >= 0.6 is 0 Å². The normalized spacial score (nSPS) is 19.3. The molecule has 2 nitrogen and oxygen atoms in total. The topological polar surface area (TPSA) is 15.3 Å². The van der Waals surface area contributed by atoms with Gasteiger partial charge in [-0.25, -0.2) is 0 Å². The highest BCUT2D eigenvalue weighted by atomic mass is 15.2. The Hall–Kier alpha value is -0.0800. The van der Waals surface area contributed by atoms with E-state index in [0.717, 1.165) is 6.04 Å². The zero-order valence-corrected chi connectivity index (χ0v) is 14.8. The van der Waals surface area contributed by atoms with Gasteiger partial charge in [-0.15, -0.1) is 0 Å². The maximum absolute atomic E-state index is 3.55. The monoisotopic (exact) mass is 296 g/mol. The number of hydrogen-bond donors (Lipinski definition) is 1. The molecule has 0 radical (unpaired) electrons. The molecule has 0 aromatic heterocycles. The van der Waals surface area contributed by atoms with Crippen LogP contribution in [-0.2, 0) is 0 Å². The fourth-order valence-corrected chi connectivity index (χ4v) is 3.55. The average Bonchev–Trinajstić information content (AvgIpc) is 2.54. The lowest BCUT2D eigenvalue weighted by Gasteiger charge is -2.33. The highest BCUT2D eigenvalue weighted by Crippen LogP contribution is 2.13. The predicted molar refractivity (Wildman–Crippen MR) is 95.0 cm³/mol. The first-order valence-corrected chi connectivity index (χ1v) is 9.83. The Kier molecular flexibility index (Phi) is 12.3. The van der Waals surface area contributed by atoms with E-state index in [4.69, 9.17) is 0 Å². The lowest BCUT2D eigenvalue weighted by atomic mass is 10.0. The Bertz CT molecular complexity index is 212. The van der Waals surface area contributed by atoms with Crippen LogP contribution in [0.25, 0.3) is 0 Å². The average molecular weight is 297 g/mol. The molecule has 1 fully saturated rings. The van der Waals surface area contributed by atoms with E-state index in [1.807, 2.05) is 0 Å². The zero-order valence-electron chi connectivity index (χ0n) is 14.8. The van der Waals surface area contributed by atoms with E-state index < -0.39 is 0 Å². The Morgan fingerprint density at radius 3 is 2.00 bits per heavy atom. The maximum Gasteiger partial charge on any atom is 0.0220 e. The number of likely N-dealkylation sites (N-methyl/N-ethyl adjacent to an activating group) is 1. The summed E-state index contributed by atoms with van der Waals surface area (Å²) in [4.78, 5) is 2.71. The molecule has 0 bridgehead atoms. The SMILES string of the molecule is CCCCCCCCCCCCN(CC)C1CCCNC1. The third-order valence-corrected chi connectivity index (χ3v) is 4.99. The highest BCUT2D eigenvalue weighted by molar-refractivity contribution is 4.77. The largest absolute Gasteiger partial charge is 0.315 e. The number of hydrogen-bond acceptors (Lipinski definition) is 2. The molecule has 1 aliphatic rings. The summed E-state index contributed by atoms with van der Waals surface area (Å²) in [6.45, 7) is 9.61. The molecule has 1 heterocycles. The lowest BCUT2D eigenvalue weighted by Crippen LogP contribution is -2.46. The molecule has 1 aliphatic heterocycles. The summed E-state index contributed by atoms with van der Waals surface area (Å²) >= 11 is 0. The van der Waals surface area contributed by atoms with Crippen LogP contribution in [0.4, 0.5) is 0 Å². The second-order valence-corrected chi connectivity index (χ2v) is 6.81. The van der Waals surface area contributed by atoms with Crippen LogP contribution in [0.3, 0.4) is 0 Å². The van der Waals surface area contributed by atoms with Crippen molar-refractivity contribution in [2.24, 2.45) is 0 Å². The summed E-state index contributed by atoms with van der Waals surface area (Å²) < 4.78 is 0. The molecule has 0 saturated carbocycles. The van der Waals surface area contributed by atoms with Crippen LogP contribution in [0, 0.1) is 0 Å². The maximum atomic E-state index is 3.55. The molecule has 126 valence electrons. The van der Waals surface area contributed by atoms with Gasteiger partial charge in [-0.05, 0) is 38.9 Å². The van der Waals surface area contributed by atoms with Crippen LogP contribution in [-0.4, -0.2) is 37.1 Å². The third-order valence-electron chi connectivity index (χ3n) is 4.99. The van der Waals surface area contributed by atoms with Gasteiger partial charge in [-0.2, -0.15) is 0 Å². The highest BCUT2D eigenvalue weighted by Gasteiger charge is 2.18. The molecule has 2 heteroatoms. The van der Waals surface area contributed by atoms with Gasteiger partial charge in [0.05, 0.1) is 0 Å². The Balaban J connectivity index is 1.90. The van der Waals surface area contributed by atoms with Gasteiger partial charge in [0.25, 0.3) is 0 Å². The Morgan fingerprint density at radius 1 is 0.857 bits per heavy atom. The smallest absolute Gasteiger partial charge is 0.0220 e. The van der Waals surface area contributed by atoms with E-state index in [1.54, 1.807) is 0 Å². The third kappa shape index (κ3) is 9.52. The molecule has 0 aliphatic carbocycles. The minimum atomic E-state index is 0.808. The van der Waals surface area contributed by atoms with E-state index >= 15 is 0 Å². The first-order valence-electron chi connectivity index (χ1n) is 9.83. The molecule has 0 aromatic rings. The van der Waals surface area contributed by atoms with Crippen molar-refractivity contribution in [3.63, 3.8) is 0 Å². The van der Waals surface area contributed by atoms with Gasteiger partial charge in [0, 0.05) is 12.6 Å². The van der Waals surface area contributed by atoms with Gasteiger partial charge < -0.3 is 5.32 Å². The van der Waals surface area contributed by atoms with Gasteiger partial charge in [0.15, 0.2) is 0 Å². The first-order chi connectivity index (χ1) is 10.4. The molecular weight excluding hydrogens is 256 g/mol. The molecule has 21 heavy (non-hydrogen) atoms. The summed E-state index contributed by atoms with van der Waals surface area (Å²) in [5.74, 6) is 0. The van der Waals surface area contributed by atoms with Gasteiger partial charge in [0.2, 0.25) is 0 Å². The van der Waals surface area contributed by atoms with Crippen LogP contribution in [0.5, 0.6) is 0 Å². The number of rotatable bonds is 13. The van der Waals surface area contributed by atoms with E-state index in [2.05, 4.69) is 24.1 Å². The summed E-state index contributed by atoms with van der Waals surface area (Å²) in [6, 6.07) is 0.808. The second-order valence-electron chi connectivity index (χ2n) is 6.81. The Morgan fingerprint density at radius 2 is 1.48 bits per heavy atom. The van der Waals surface area contributed by atoms with Crippen molar-refractivity contribution in [1.82, 2.24) is 10.2 Å². The van der Waals surface area contributed by atoms with E-state index in [-0.39, 0.29) is 0 Å². The molecule has 1 unspecified atom stereocenters. The zero-order chi connectivity index (χ0) is 15.2. The van der Waals surface area contributed by atoms with Crippen molar-refractivity contribution >= 4 is 0 Å². The van der Waals surface area contributed by atoms with Crippen LogP contribution in [0.2, 0.25) is 0 Å². The Labute approximate surface area is 134 Å². The van der Waals surface area contributed by atoms with Crippen molar-refractivity contribution in [2.45, 2.75) is 96.9 Å². The second kappa shape index (κ2) is 13.6. The number of piperidine rings is 1. The van der Waals surface area contributed by atoms with Gasteiger partial charge >= 0.3 is 0 Å². The summed E-state index contributed by atoms with van der Waals surface area (Å²) in [5.41, 5.74) is 0. The number of nitrogens with one attached hydrogen (secondary N) is 1. The van der Waals surface area contributed by atoms with E-state index in [1.165, 1.54) is 103 Å². The first kappa shape index (κ1) is 19.0. The molecule has 1 saturated heterocycles. The summed E-state index contributed by atoms with van der Waals surface area (Å²) in [5, 5.41) is 3.55. The van der Waals surface area contributed by atoms with Crippen molar-refractivity contribution < 1.29 is 0 Å². The number of unbranched alkanes of at least 4 members (excludes halogenated alkanes) is 9. The number of nitrogens with zero attached hydrogens (tertiary/aromatic N) is 1. The van der Waals surface area contributed by atoms with Gasteiger partial charge in [0.1, 0.15) is 0 Å².